The molecular formula is C21H13ClN2O4. The van der Waals surface area contributed by atoms with E-state index in [4.69, 9.17) is 36.0 Å². The second kappa shape index (κ2) is 6.25. The molecule has 6 nitrogen and oxygen atoms in total. The number of nitriles is 1. The molecule has 1 atom stereocenters. The molecule has 2 N–H and O–H groups in total. The number of furan rings is 1. The zero-order valence-electron chi connectivity index (χ0n) is 14.4. The Morgan fingerprint density at radius 1 is 1.04 bits per heavy atom. The minimum absolute atomic E-state index is 0.0413. The topological polar surface area (TPSA) is 90.6 Å². The Labute approximate surface area is 165 Å². The fourth-order valence-corrected chi connectivity index (χ4v) is 3.63. The summed E-state index contributed by atoms with van der Waals surface area (Å²) >= 11 is 6.09. The van der Waals surface area contributed by atoms with Crippen molar-refractivity contribution < 1.29 is 18.6 Å². The molecule has 0 unspecified atom stereocenters. The lowest BCUT2D eigenvalue weighted by atomic mass is 9.87. The van der Waals surface area contributed by atoms with Crippen LogP contribution in [0, 0.1) is 11.3 Å². The summed E-state index contributed by atoms with van der Waals surface area (Å²) in [4.78, 5) is 0. The third-order valence-electron chi connectivity index (χ3n) is 4.73. The third kappa shape index (κ3) is 2.56. The Hall–Kier alpha value is -3.56. The maximum Gasteiger partial charge on any atom is 0.231 e. The van der Waals surface area contributed by atoms with Crippen LogP contribution < -0.4 is 19.9 Å². The average Bonchev–Trinajstić information content (AvgIpc) is 3.34. The van der Waals surface area contributed by atoms with E-state index in [1.54, 1.807) is 18.2 Å². The first kappa shape index (κ1) is 16.6. The third-order valence-corrected chi connectivity index (χ3v) is 4.97. The first-order valence-electron chi connectivity index (χ1n) is 8.51. The maximum absolute atomic E-state index is 9.69. The van der Waals surface area contributed by atoms with E-state index in [9.17, 15) is 5.26 Å². The van der Waals surface area contributed by atoms with Gasteiger partial charge in [-0.3, -0.25) is 0 Å². The molecule has 7 heteroatoms. The Morgan fingerprint density at radius 2 is 1.86 bits per heavy atom. The molecular weight excluding hydrogens is 380 g/mol. The van der Waals surface area contributed by atoms with Gasteiger partial charge in [0.05, 0.1) is 5.92 Å². The van der Waals surface area contributed by atoms with Crippen LogP contribution in [0.2, 0.25) is 5.02 Å². The molecule has 28 heavy (non-hydrogen) atoms. The van der Waals surface area contributed by atoms with Crippen LogP contribution >= 0.6 is 11.6 Å². The van der Waals surface area contributed by atoms with Crippen LogP contribution in [0.25, 0.3) is 11.3 Å². The number of rotatable bonds is 2. The van der Waals surface area contributed by atoms with Gasteiger partial charge in [0.25, 0.3) is 0 Å². The minimum atomic E-state index is -0.517. The van der Waals surface area contributed by atoms with Crippen LogP contribution in [0.1, 0.15) is 17.2 Å². The quantitative estimate of drug-likeness (QED) is 0.688. The van der Waals surface area contributed by atoms with Crippen LogP contribution in [0.3, 0.4) is 0 Å². The molecule has 0 spiro atoms. The molecule has 3 aromatic rings. The fourth-order valence-electron chi connectivity index (χ4n) is 3.44. The number of fused-ring (bicyclic) bond motifs is 2. The average molecular weight is 393 g/mol. The van der Waals surface area contributed by atoms with Crippen molar-refractivity contribution in [3.05, 3.63) is 76.3 Å². The molecule has 0 bridgehead atoms. The van der Waals surface area contributed by atoms with Gasteiger partial charge < -0.3 is 24.4 Å². The van der Waals surface area contributed by atoms with E-state index in [1.165, 1.54) is 0 Å². The van der Waals surface area contributed by atoms with Gasteiger partial charge in [-0.1, -0.05) is 23.7 Å². The van der Waals surface area contributed by atoms with Gasteiger partial charge in [0.1, 0.15) is 28.9 Å². The second-order valence-electron chi connectivity index (χ2n) is 6.38. The molecule has 2 aliphatic rings. The van der Waals surface area contributed by atoms with Crippen molar-refractivity contribution in [2.75, 3.05) is 6.79 Å². The molecule has 0 amide bonds. The monoisotopic (exact) mass is 392 g/mol. The summed E-state index contributed by atoms with van der Waals surface area (Å²) in [7, 11) is 0. The molecule has 2 aliphatic heterocycles. The van der Waals surface area contributed by atoms with Crippen LogP contribution in [-0.2, 0) is 0 Å². The first-order chi connectivity index (χ1) is 13.6. The van der Waals surface area contributed by atoms with Gasteiger partial charge in [0.15, 0.2) is 11.5 Å². The van der Waals surface area contributed by atoms with Crippen molar-refractivity contribution in [2.24, 2.45) is 5.73 Å². The van der Waals surface area contributed by atoms with Crippen LogP contribution in [0.15, 0.2) is 64.4 Å². The molecule has 2 aromatic carbocycles. The van der Waals surface area contributed by atoms with Crippen molar-refractivity contribution in [2.45, 2.75) is 5.92 Å². The first-order valence-corrected chi connectivity index (χ1v) is 8.88. The highest BCUT2D eigenvalue weighted by atomic mass is 35.5. The van der Waals surface area contributed by atoms with E-state index in [2.05, 4.69) is 6.07 Å². The minimum Gasteiger partial charge on any atom is -0.460 e. The predicted molar refractivity (Wildman–Crippen MR) is 101 cm³/mol. The lowest BCUT2D eigenvalue weighted by molar-refractivity contribution is 0.174. The molecule has 3 heterocycles. The van der Waals surface area contributed by atoms with Crippen molar-refractivity contribution in [3.63, 3.8) is 0 Å². The number of benzene rings is 2. The number of hydrogen-bond acceptors (Lipinski definition) is 6. The van der Waals surface area contributed by atoms with E-state index in [-0.39, 0.29) is 18.2 Å². The molecule has 5 rings (SSSR count). The van der Waals surface area contributed by atoms with Gasteiger partial charge in [-0.15, -0.1) is 0 Å². The number of ether oxygens (including phenoxy) is 3. The molecule has 138 valence electrons. The number of hydrogen-bond donors (Lipinski definition) is 1. The Balaban J connectivity index is 1.64. The predicted octanol–water partition coefficient (Wildman–Crippen LogP) is 4.55. The van der Waals surface area contributed by atoms with Crippen molar-refractivity contribution in [3.8, 4) is 34.6 Å². The van der Waals surface area contributed by atoms with E-state index >= 15 is 0 Å². The largest absolute Gasteiger partial charge is 0.460 e. The number of allylic oxidation sites excluding steroid dienone is 1. The van der Waals surface area contributed by atoms with E-state index < -0.39 is 5.92 Å². The van der Waals surface area contributed by atoms with Gasteiger partial charge in [0, 0.05) is 22.2 Å². The summed E-state index contributed by atoms with van der Waals surface area (Å²) in [5.41, 5.74) is 7.86. The van der Waals surface area contributed by atoms with Gasteiger partial charge >= 0.3 is 0 Å². The van der Waals surface area contributed by atoms with E-state index in [0.29, 0.717) is 33.8 Å². The fraction of sp³-hybridized carbons (Fsp3) is 0.0952. The zero-order valence-corrected chi connectivity index (χ0v) is 15.2. The summed E-state index contributed by atoms with van der Waals surface area (Å²) in [6.45, 7) is 0.135. The number of nitrogens with two attached hydrogens (primary N) is 1. The second-order valence-corrected chi connectivity index (χ2v) is 6.82. The summed E-state index contributed by atoms with van der Waals surface area (Å²) in [5, 5.41) is 10.3. The molecule has 0 saturated heterocycles. The summed E-state index contributed by atoms with van der Waals surface area (Å²) in [6, 6.07) is 16.7. The molecule has 1 aromatic heterocycles. The van der Waals surface area contributed by atoms with Crippen LogP contribution in [0.5, 0.6) is 17.2 Å². The van der Waals surface area contributed by atoms with E-state index in [0.717, 1.165) is 11.1 Å². The summed E-state index contributed by atoms with van der Waals surface area (Å²) < 4.78 is 22.6. The lowest BCUT2D eigenvalue weighted by Crippen LogP contribution is -2.20. The lowest BCUT2D eigenvalue weighted by Gasteiger charge is -2.25. The van der Waals surface area contributed by atoms with Crippen molar-refractivity contribution >= 4 is 11.6 Å². The molecule has 0 aliphatic carbocycles. The smallest absolute Gasteiger partial charge is 0.231 e. The number of nitrogens with zero attached hydrogens (tertiary/aromatic N) is 1. The van der Waals surface area contributed by atoms with Gasteiger partial charge in [-0.2, -0.15) is 5.26 Å². The Morgan fingerprint density at radius 3 is 2.64 bits per heavy atom. The standard InChI is InChI=1S/C21H13ClN2O4/c22-12-3-1-2-11(6-12)15-4-5-16(27-15)20-13-7-18-19(26-10-25-18)8-17(13)28-21(24)14(20)9-23/h1-8,20H,10,24H2/t20-/m0/s1. The Bertz CT molecular complexity index is 1180. The normalized spacial score (nSPS) is 17.1. The summed E-state index contributed by atoms with van der Waals surface area (Å²) in [6.07, 6.45) is 0. The highest BCUT2D eigenvalue weighted by Crippen LogP contribution is 2.48. The highest BCUT2D eigenvalue weighted by molar-refractivity contribution is 6.30. The maximum atomic E-state index is 9.69. The molecule has 0 saturated carbocycles. The SMILES string of the molecule is N#CC1=C(N)Oc2cc3c(cc2[C@@H]1c1ccc(-c2cccc(Cl)c2)o1)OCO3. The van der Waals surface area contributed by atoms with Gasteiger partial charge in [0.2, 0.25) is 12.7 Å². The number of halogens is 1. The van der Waals surface area contributed by atoms with Crippen molar-refractivity contribution in [1.29, 1.82) is 5.26 Å². The summed E-state index contributed by atoms with van der Waals surface area (Å²) in [5.74, 6) is 2.40. The van der Waals surface area contributed by atoms with Crippen molar-refractivity contribution in [1.82, 2.24) is 0 Å². The van der Waals surface area contributed by atoms with E-state index in [1.807, 2.05) is 30.3 Å². The van der Waals surface area contributed by atoms with Crippen LogP contribution in [-0.4, -0.2) is 6.79 Å². The van der Waals surface area contributed by atoms with Crippen LogP contribution in [0.4, 0.5) is 0 Å². The van der Waals surface area contributed by atoms with Gasteiger partial charge in [-0.05, 0) is 30.3 Å². The highest BCUT2D eigenvalue weighted by Gasteiger charge is 2.35. The zero-order chi connectivity index (χ0) is 19.3. The molecule has 0 fully saturated rings. The molecule has 0 radical (unpaired) electrons. The Kier molecular flexibility index (Phi) is 3.71. The van der Waals surface area contributed by atoms with Gasteiger partial charge in [-0.25, -0.2) is 0 Å².